The minimum absolute atomic E-state index is 0.0165. The van der Waals surface area contributed by atoms with Gasteiger partial charge in [-0.1, -0.05) is 24.3 Å². The number of Topliss-reactive ketones (excluding diaryl/α,β-unsaturated/α-hetero) is 1. The van der Waals surface area contributed by atoms with Gasteiger partial charge >= 0.3 is 0 Å². The van der Waals surface area contributed by atoms with Gasteiger partial charge in [0.1, 0.15) is 6.17 Å². The molecule has 0 spiro atoms. The van der Waals surface area contributed by atoms with E-state index in [1.165, 1.54) is 0 Å². The Bertz CT molecular complexity index is 686. The van der Waals surface area contributed by atoms with Crippen LogP contribution in [0.2, 0.25) is 0 Å². The van der Waals surface area contributed by atoms with Gasteiger partial charge in [0.05, 0.1) is 6.61 Å². The molecule has 24 heavy (non-hydrogen) atoms. The number of nitrogens with zero attached hydrogens (tertiary/aromatic N) is 1. The topological polar surface area (TPSA) is 51.2 Å². The van der Waals surface area contributed by atoms with Gasteiger partial charge in [0, 0.05) is 36.8 Å². The van der Waals surface area contributed by atoms with E-state index in [4.69, 9.17) is 4.74 Å². The fourth-order valence-electron chi connectivity index (χ4n) is 2.69. The molecule has 0 aliphatic carbocycles. The van der Waals surface area contributed by atoms with Gasteiger partial charge in [-0.15, -0.1) is 0 Å². The molecule has 0 radical (unpaired) electrons. The van der Waals surface area contributed by atoms with Gasteiger partial charge in [-0.2, -0.15) is 0 Å². The lowest BCUT2D eigenvalue weighted by atomic mass is 9.95. The van der Waals surface area contributed by atoms with Gasteiger partial charge in [0.25, 0.3) is 0 Å². The number of nitrogens with one attached hydrogen (secondary N) is 1. The molecule has 1 aromatic heterocycles. The van der Waals surface area contributed by atoms with E-state index in [0.717, 1.165) is 11.1 Å². The van der Waals surface area contributed by atoms with Gasteiger partial charge in [-0.05, 0) is 30.5 Å². The van der Waals surface area contributed by atoms with Gasteiger partial charge in [0.2, 0.25) is 5.88 Å². The first-order chi connectivity index (χ1) is 11.7. The van der Waals surface area contributed by atoms with E-state index in [1.807, 2.05) is 31.2 Å². The first-order valence-electron chi connectivity index (χ1n) is 8.23. The predicted molar refractivity (Wildman–Crippen MR) is 90.3 cm³/mol. The zero-order valence-corrected chi connectivity index (χ0v) is 13.7. The van der Waals surface area contributed by atoms with Crippen molar-refractivity contribution in [1.82, 2.24) is 10.3 Å². The first-order valence-corrected chi connectivity index (χ1v) is 8.23. The molecule has 1 fully saturated rings. The van der Waals surface area contributed by atoms with Crippen molar-refractivity contribution in [2.24, 2.45) is 0 Å². The molecule has 2 atom stereocenters. The second-order valence-electron chi connectivity index (χ2n) is 5.97. The molecular formula is C19H21FN2O2. The fourth-order valence-corrected chi connectivity index (χ4v) is 2.69. The normalized spacial score (nSPS) is 19.6. The third-order valence-corrected chi connectivity index (χ3v) is 4.21. The molecule has 126 valence electrons. The molecule has 0 saturated carbocycles. The van der Waals surface area contributed by atoms with Crippen LogP contribution in [0.15, 0.2) is 42.6 Å². The highest BCUT2D eigenvalue weighted by molar-refractivity contribution is 5.97. The number of halogens is 1. The monoisotopic (exact) mass is 328 g/mol. The highest BCUT2D eigenvalue weighted by Crippen LogP contribution is 2.16. The molecule has 0 amide bonds. The number of hydrogen-bond donors (Lipinski definition) is 1. The lowest BCUT2D eigenvalue weighted by Gasteiger charge is -2.32. The summed E-state index contributed by atoms with van der Waals surface area (Å²) in [6.45, 7) is 2.89. The van der Waals surface area contributed by atoms with Crippen LogP contribution < -0.4 is 10.1 Å². The molecule has 2 heterocycles. The molecule has 1 aliphatic rings. The van der Waals surface area contributed by atoms with E-state index in [1.54, 1.807) is 18.3 Å². The zero-order chi connectivity index (χ0) is 16.9. The minimum Gasteiger partial charge on any atom is -0.478 e. The van der Waals surface area contributed by atoms with Crippen LogP contribution in [0.1, 0.15) is 28.4 Å². The molecule has 0 unspecified atom stereocenters. The Morgan fingerprint density at radius 1 is 1.25 bits per heavy atom. The summed E-state index contributed by atoms with van der Waals surface area (Å²) in [6, 6.07) is 11.2. The number of rotatable bonds is 7. The second kappa shape index (κ2) is 7.53. The van der Waals surface area contributed by atoms with Crippen molar-refractivity contribution in [2.45, 2.75) is 32.0 Å². The van der Waals surface area contributed by atoms with E-state index >= 15 is 0 Å². The van der Waals surface area contributed by atoms with Crippen LogP contribution in [0.4, 0.5) is 4.39 Å². The largest absolute Gasteiger partial charge is 0.478 e. The van der Waals surface area contributed by atoms with Gasteiger partial charge in [0.15, 0.2) is 5.78 Å². The Hall–Kier alpha value is -2.27. The van der Waals surface area contributed by atoms with Crippen molar-refractivity contribution < 1.29 is 13.9 Å². The van der Waals surface area contributed by atoms with E-state index in [2.05, 4.69) is 10.3 Å². The summed E-state index contributed by atoms with van der Waals surface area (Å²) >= 11 is 0. The van der Waals surface area contributed by atoms with Crippen LogP contribution in [0.3, 0.4) is 0 Å². The molecule has 1 N–H and O–H groups in total. The molecule has 0 bridgehead atoms. The molecule has 2 aromatic rings. The summed E-state index contributed by atoms with van der Waals surface area (Å²) in [6.07, 6.45) is 1.80. The van der Waals surface area contributed by atoms with E-state index in [-0.39, 0.29) is 11.8 Å². The number of aromatic nitrogens is 1. The average Bonchev–Trinajstić information content (AvgIpc) is 2.60. The highest BCUT2D eigenvalue weighted by atomic mass is 19.1. The molecule has 1 aliphatic heterocycles. The Kier molecular flexibility index (Phi) is 5.20. The molecular weight excluding hydrogens is 307 g/mol. The Labute approximate surface area is 141 Å². The number of ketones is 1. The van der Waals surface area contributed by atoms with Gasteiger partial charge in [-0.3, -0.25) is 4.79 Å². The maximum Gasteiger partial charge on any atom is 0.213 e. The van der Waals surface area contributed by atoms with Crippen LogP contribution >= 0.6 is 0 Å². The van der Waals surface area contributed by atoms with Crippen molar-refractivity contribution in [1.29, 1.82) is 0 Å². The number of carbonyl (C=O) groups is 1. The maximum atomic E-state index is 13.3. The Morgan fingerprint density at radius 2 is 2.00 bits per heavy atom. The van der Waals surface area contributed by atoms with Gasteiger partial charge < -0.3 is 10.1 Å². The lowest BCUT2D eigenvalue weighted by Crippen LogP contribution is -2.55. The van der Waals surface area contributed by atoms with Crippen molar-refractivity contribution in [3.8, 4) is 5.88 Å². The summed E-state index contributed by atoms with van der Waals surface area (Å²) in [7, 11) is 0. The maximum absolute atomic E-state index is 13.3. The molecule has 3 rings (SSSR count). The van der Waals surface area contributed by atoms with E-state index in [9.17, 15) is 9.18 Å². The molecule has 4 nitrogen and oxygen atoms in total. The van der Waals surface area contributed by atoms with Gasteiger partial charge in [-0.25, -0.2) is 9.37 Å². The zero-order valence-electron chi connectivity index (χ0n) is 13.7. The van der Waals surface area contributed by atoms with E-state index < -0.39 is 6.17 Å². The van der Waals surface area contributed by atoms with Crippen molar-refractivity contribution in [2.75, 3.05) is 13.2 Å². The lowest BCUT2D eigenvalue weighted by molar-refractivity contribution is 0.0992. The summed E-state index contributed by atoms with van der Waals surface area (Å²) in [5.74, 6) is 0.539. The number of pyridine rings is 1. The number of alkyl halides is 1. The fraction of sp³-hybridized carbons (Fsp3) is 0.368. The third-order valence-electron chi connectivity index (χ3n) is 4.21. The average molecular weight is 328 g/mol. The van der Waals surface area contributed by atoms with Crippen LogP contribution in [-0.2, 0) is 12.8 Å². The first kappa shape index (κ1) is 16.6. The summed E-state index contributed by atoms with van der Waals surface area (Å²) < 4.78 is 18.5. The number of hydrogen-bond acceptors (Lipinski definition) is 4. The standard InChI is InChI=1S/C19H21FN2O2/c1-2-24-19-8-7-15(11-22-19)18(23)10-14-5-3-13(4-6-14)9-17-16(20)12-21-17/h3-8,11,16-17,21H,2,9-10,12H2,1H3/t16-,17-/m0/s1. The summed E-state index contributed by atoms with van der Waals surface area (Å²) in [5, 5.41) is 3.08. The minimum atomic E-state index is -0.751. The number of carbonyl (C=O) groups excluding carboxylic acids is 1. The highest BCUT2D eigenvalue weighted by Gasteiger charge is 2.29. The number of benzene rings is 1. The summed E-state index contributed by atoms with van der Waals surface area (Å²) in [4.78, 5) is 16.4. The molecule has 1 aromatic carbocycles. The van der Waals surface area contributed by atoms with Crippen LogP contribution in [-0.4, -0.2) is 36.1 Å². The SMILES string of the molecule is CCOc1ccc(C(=O)Cc2ccc(C[C@@H]3NC[C@@H]3F)cc2)cn1. The van der Waals surface area contributed by atoms with Crippen molar-refractivity contribution >= 4 is 5.78 Å². The Balaban J connectivity index is 1.57. The third kappa shape index (κ3) is 3.97. The molecule has 5 heteroatoms. The van der Waals surface area contributed by atoms with Crippen LogP contribution in [0.5, 0.6) is 5.88 Å². The van der Waals surface area contributed by atoms with Crippen LogP contribution in [0.25, 0.3) is 0 Å². The number of ether oxygens (including phenoxy) is 1. The Morgan fingerprint density at radius 3 is 2.54 bits per heavy atom. The van der Waals surface area contributed by atoms with Crippen molar-refractivity contribution in [3.05, 3.63) is 59.3 Å². The summed E-state index contributed by atoms with van der Waals surface area (Å²) in [5.41, 5.74) is 2.59. The van der Waals surface area contributed by atoms with Crippen LogP contribution in [0, 0.1) is 0 Å². The quantitative estimate of drug-likeness (QED) is 0.794. The van der Waals surface area contributed by atoms with Crippen molar-refractivity contribution in [3.63, 3.8) is 0 Å². The smallest absolute Gasteiger partial charge is 0.213 e. The predicted octanol–water partition coefficient (Wildman–Crippen LogP) is 2.76. The molecule has 1 saturated heterocycles. The second-order valence-corrected chi connectivity index (χ2v) is 5.97. The van der Waals surface area contributed by atoms with E-state index in [0.29, 0.717) is 37.4 Å².